The molecule has 4 rings (SSSR count). The third-order valence-electron chi connectivity index (χ3n) is 5.76. The summed E-state index contributed by atoms with van der Waals surface area (Å²) in [5.41, 5.74) is -1.33. The average Bonchev–Trinajstić information content (AvgIpc) is 2.86. The summed E-state index contributed by atoms with van der Waals surface area (Å²) in [7, 11) is 0. The van der Waals surface area contributed by atoms with Gasteiger partial charge in [-0.3, -0.25) is 0 Å². The van der Waals surface area contributed by atoms with Crippen molar-refractivity contribution in [3.05, 3.63) is 88.7 Å². The molecule has 10 heteroatoms. The predicted molar refractivity (Wildman–Crippen MR) is 116 cm³/mol. The predicted octanol–water partition coefficient (Wildman–Crippen LogP) is 7.64. The molecule has 3 aromatic rings. The van der Waals surface area contributed by atoms with Crippen LogP contribution in [-0.2, 0) is 15.6 Å². The van der Waals surface area contributed by atoms with Crippen molar-refractivity contribution >= 4 is 0 Å². The smallest absolute Gasteiger partial charge is 0.426 e. The molecule has 36 heavy (non-hydrogen) atoms. The Balaban J connectivity index is 1.50. The minimum Gasteiger partial charge on any atom is -0.426 e. The topological polar surface area (TPSA) is 27.7 Å². The number of ether oxygens (including phenoxy) is 3. The molecule has 3 nitrogen and oxygen atoms in total. The lowest BCUT2D eigenvalue weighted by Crippen LogP contribution is -2.27. The van der Waals surface area contributed by atoms with Gasteiger partial charge in [-0.1, -0.05) is 25.5 Å². The lowest BCUT2D eigenvalue weighted by atomic mass is 10.0. The fourth-order valence-electron chi connectivity index (χ4n) is 3.89. The summed E-state index contributed by atoms with van der Waals surface area (Å²) in [4.78, 5) is 0. The Morgan fingerprint density at radius 2 is 1.44 bits per heavy atom. The maximum Gasteiger partial charge on any atom is 0.426 e. The van der Waals surface area contributed by atoms with Gasteiger partial charge in [-0.25, -0.2) is 17.6 Å². The SMILES string of the molecule is CCCC1COC(c2ccc(C(F)(F)Oc3ccc(-c4cc(F)c(F)c(F)c4)c(F)c3F)cc2)OC1. The Bertz CT molecular complexity index is 1200. The molecule has 0 N–H and O–H groups in total. The van der Waals surface area contributed by atoms with Gasteiger partial charge < -0.3 is 14.2 Å². The van der Waals surface area contributed by atoms with Gasteiger partial charge in [0.15, 0.2) is 35.3 Å². The highest BCUT2D eigenvalue weighted by atomic mass is 19.3. The van der Waals surface area contributed by atoms with E-state index in [-0.39, 0.29) is 5.92 Å². The molecule has 1 fully saturated rings. The molecule has 0 atom stereocenters. The average molecular weight is 514 g/mol. The second-order valence-corrected chi connectivity index (χ2v) is 8.39. The van der Waals surface area contributed by atoms with Crippen LogP contribution in [0.15, 0.2) is 48.5 Å². The molecule has 0 saturated carbocycles. The molecular formula is C26H21F7O3. The molecule has 1 heterocycles. The van der Waals surface area contributed by atoms with Crippen molar-refractivity contribution in [2.75, 3.05) is 13.2 Å². The summed E-state index contributed by atoms with van der Waals surface area (Å²) in [5.74, 6) is -9.39. The maximum absolute atomic E-state index is 14.7. The zero-order valence-electron chi connectivity index (χ0n) is 19.0. The Morgan fingerprint density at radius 1 is 0.833 bits per heavy atom. The van der Waals surface area contributed by atoms with E-state index in [1.807, 2.05) is 0 Å². The van der Waals surface area contributed by atoms with Crippen molar-refractivity contribution < 1.29 is 44.9 Å². The summed E-state index contributed by atoms with van der Waals surface area (Å²) >= 11 is 0. The molecule has 1 aliphatic heterocycles. The standard InChI is InChI=1S/C26H21F7O3/c1-2-3-14-12-34-25(35-13-14)15-4-6-17(7-5-15)26(32,33)36-21-9-8-18(22(29)24(21)31)16-10-19(27)23(30)20(28)11-16/h4-11,14,25H,2-3,12-13H2,1H3. The van der Waals surface area contributed by atoms with Crippen molar-refractivity contribution in [1.82, 2.24) is 0 Å². The van der Waals surface area contributed by atoms with E-state index < -0.39 is 63.9 Å². The minimum atomic E-state index is -4.05. The molecule has 192 valence electrons. The number of alkyl halides is 2. The van der Waals surface area contributed by atoms with Crippen molar-refractivity contribution in [3.8, 4) is 16.9 Å². The van der Waals surface area contributed by atoms with E-state index in [1.54, 1.807) is 0 Å². The normalized spacial score (nSPS) is 18.3. The van der Waals surface area contributed by atoms with Gasteiger partial charge in [0.25, 0.3) is 0 Å². The van der Waals surface area contributed by atoms with Crippen molar-refractivity contribution in [1.29, 1.82) is 0 Å². The fraction of sp³-hybridized carbons (Fsp3) is 0.308. The van der Waals surface area contributed by atoms with Gasteiger partial charge in [0.05, 0.1) is 18.8 Å². The third-order valence-corrected chi connectivity index (χ3v) is 5.76. The van der Waals surface area contributed by atoms with Crippen LogP contribution in [0.2, 0.25) is 0 Å². The Morgan fingerprint density at radius 3 is 2.03 bits per heavy atom. The van der Waals surface area contributed by atoms with Crippen LogP contribution in [0.25, 0.3) is 11.1 Å². The monoisotopic (exact) mass is 514 g/mol. The maximum atomic E-state index is 14.7. The molecule has 3 aromatic carbocycles. The number of hydrogen-bond acceptors (Lipinski definition) is 3. The van der Waals surface area contributed by atoms with Gasteiger partial charge >= 0.3 is 6.11 Å². The Labute approximate surface area is 202 Å². The summed E-state index contributed by atoms with van der Waals surface area (Å²) < 4.78 is 114. The Kier molecular flexibility index (Phi) is 7.56. The summed E-state index contributed by atoms with van der Waals surface area (Å²) in [6.07, 6.45) is -2.82. The van der Waals surface area contributed by atoms with E-state index >= 15 is 0 Å². The molecule has 0 aliphatic carbocycles. The second-order valence-electron chi connectivity index (χ2n) is 8.39. The first kappa shape index (κ1) is 26.0. The molecular weight excluding hydrogens is 493 g/mol. The Hall–Kier alpha value is -3.11. The lowest BCUT2D eigenvalue weighted by molar-refractivity contribution is -0.206. The second kappa shape index (κ2) is 10.5. The van der Waals surface area contributed by atoms with Crippen LogP contribution >= 0.6 is 0 Å². The highest BCUT2D eigenvalue weighted by Crippen LogP contribution is 2.37. The van der Waals surface area contributed by atoms with E-state index in [1.165, 1.54) is 12.1 Å². The van der Waals surface area contributed by atoms with Crippen LogP contribution in [-0.4, -0.2) is 13.2 Å². The molecule has 0 unspecified atom stereocenters. The van der Waals surface area contributed by atoms with Crippen LogP contribution in [0.4, 0.5) is 30.7 Å². The number of rotatable bonds is 7. The molecule has 0 amide bonds. The molecule has 1 saturated heterocycles. The largest absolute Gasteiger partial charge is 0.426 e. The zero-order chi connectivity index (χ0) is 26.0. The number of halogens is 7. The van der Waals surface area contributed by atoms with E-state index in [4.69, 9.17) is 9.47 Å². The first-order valence-corrected chi connectivity index (χ1v) is 11.1. The van der Waals surface area contributed by atoms with E-state index in [2.05, 4.69) is 11.7 Å². The first-order valence-electron chi connectivity index (χ1n) is 11.1. The molecule has 0 radical (unpaired) electrons. The van der Waals surface area contributed by atoms with Crippen molar-refractivity contribution in [2.24, 2.45) is 5.92 Å². The first-order chi connectivity index (χ1) is 17.1. The van der Waals surface area contributed by atoms with Gasteiger partial charge in [-0.2, -0.15) is 13.2 Å². The third kappa shape index (κ3) is 5.34. The number of hydrogen-bond donors (Lipinski definition) is 0. The van der Waals surface area contributed by atoms with Crippen molar-refractivity contribution in [2.45, 2.75) is 32.2 Å². The summed E-state index contributed by atoms with van der Waals surface area (Å²) in [6, 6.07) is 7.20. The van der Waals surface area contributed by atoms with Gasteiger partial charge in [-0.15, -0.1) is 0 Å². The van der Waals surface area contributed by atoms with Crippen LogP contribution in [0.3, 0.4) is 0 Å². The van der Waals surface area contributed by atoms with Gasteiger partial charge in [-0.05, 0) is 48.4 Å². The molecule has 1 aliphatic rings. The highest BCUT2D eigenvalue weighted by molar-refractivity contribution is 5.65. The van der Waals surface area contributed by atoms with Gasteiger partial charge in [0.1, 0.15) is 0 Å². The van der Waals surface area contributed by atoms with E-state index in [0.717, 1.165) is 31.0 Å². The van der Waals surface area contributed by atoms with Crippen LogP contribution in [0, 0.1) is 35.0 Å². The van der Waals surface area contributed by atoms with Crippen LogP contribution in [0.5, 0.6) is 5.75 Å². The zero-order valence-corrected chi connectivity index (χ0v) is 19.0. The van der Waals surface area contributed by atoms with E-state index in [9.17, 15) is 30.7 Å². The molecule has 0 aromatic heterocycles. The van der Waals surface area contributed by atoms with Crippen LogP contribution in [0.1, 0.15) is 37.2 Å². The summed E-state index contributed by atoms with van der Waals surface area (Å²) in [5, 5.41) is 0. The minimum absolute atomic E-state index is 0.269. The highest BCUT2D eigenvalue weighted by Gasteiger charge is 2.36. The number of benzene rings is 3. The van der Waals surface area contributed by atoms with E-state index in [0.29, 0.717) is 37.0 Å². The summed E-state index contributed by atoms with van der Waals surface area (Å²) in [6.45, 7) is 3.02. The lowest BCUT2D eigenvalue weighted by Gasteiger charge is -2.29. The van der Waals surface area contributed by atoms with Gasteiger partial charge in [0.2, 0.25) is 5.82 Å². The quantitative estimate of drug-likeness (QED) is 0.240. The molecule has 0 spiro atoms. The molecule has 0 bridgehead atoms. The fourth-order valence-corrected chi connectivity index (χ4v) is 3.89. The van der Waals surface area contributed by atoms with Gasteiger partial charge in [0, 0.05) is 17.0 Å². The van der Waals surface area contributed by atoms with Crippen molar-refractivity contribution in [3.63, 3.8) is 0 Å². The van der Waals surface area contributed by atoms with Crippen LogP contribution < -0.4 is 4.74 Å².